The Kier molecular flexibility index (Phi) is 5.15. The van der Waals surface area contributed by atoms with Crippen LogP contribution in [0.4, 0.5) is 0 Å². The Morgan fingerprint density at radius 2 is 2.10 bits per heavy atom. The van der Waals surface area contributed by atoms with Crippen molar-refractivity contribution >= 4 is 15.9 Å². The van der Waals surface area contributed by atoms with E-state index >= 15 is 0 Å². The number of aryl methyl sites for hydroxylation is 1. The van der Waals surface area contributed by atoms with E-state index in [0.717, 1.165) is 33.3 Å². The fourth-order valence-corrected chi connectivity index (χ4v) is 2.55. The minimum absolute atomic E-state index is 0.194. The number of nitrogens with two attached hydrogens (primary N) is 1. The van der Waals surface area contributed by atoms with Crippen molar-refractivity contribution in [3.63, 3.8) is 0 Å². The number of pyridine rings is 1. The molecule has 2 N–H and O–H groups in total. The van der Waals surface area contributed by atoms with E-state index in [9.17, 15) is 0 Å². The number of ether oxygens (including phenoxy) is 1. The molecule has 2 aromatic rings. The number of halogens is 1. The lowest BCUT2D eigenvalue weighted by Crippen LogP contribution is -2.13. The first-order valence-corrected chi connectivity index (χ1v) is 7.50. The van der Waals surface area contributed by atoms with Gasteiger partial charge in [0.15, 0.2) is 0 Å². The van der Waals surface area contributed by atoms with Crippen molar-refractivity contribution in [1.82, 2.24) is 4.98 Å². The van der Waals surface area contributed by atoms with Gasteiger partial charge in [0.2, 0.25) is 0 Å². The first-order chi connectivity index (χ1) is 9.61. The van der Waals surface area contributed by atoms with Crippen LogP contribution >= 0.6 is 15.9 Å². The third-order valence-electron chi connectivity index (χ3n) is 3.13. The molecule has 1 heterocycles. The third-order valence-corrected chi connectivity index (χ3v) is 3.63. The van der Waals surface area contributed by atoms with Crippen molar-refractivity contribution in [3.8, 4) is 5.75 Å². The molecule has 4 heteroatoms. The molecular weight excluding hydrogens is 316 g/mol. The summed E-state index contributed by atoms with van der Waals surface area (Å²) in [5.74, 6) is 0.773. The van der Waals surface area contributed by atoms with Crippen LogP contribution in [0.3, 0.4) is 0 Å². The van der Waals surface area contributed by atoms with E-state index in [1.165, 1.54) is 0 Å². The maximum absolute atomic E-state index is 6.35. The molecule has 0 aliphatic heterocycles. The third kappa shape index (κ3) is 3.58. The highest BCUT2D eigenvalue weighted by Gasteiger charge is 2.13. The van der Waals surface area contributed by atoms with Gasteiger partial charge in [0, 0.05) is 10.7 Å². The predicted octanol–water partition coefficient (Wildman–Crippen LogP) is 3.99. The first kappa shape index (κ1) is 15.0. The Morgan fingerprint density at radius 1 is 1.30 bits per heavy atom. The average molecular weight is 335 g/mol. The van der Waals surface area contributed by atoms with Gasteiger partial charge in [-0.2, -0.15) is 0 Å². The second kappa shape index (κ2) is 6.86. The normalized spacial score (nSPS) is 12.2. The average Bonchev–Trinajstić information content (AvgIpc) is 2.45. The van der Waals surface area contributed by atoms with Crippen molar-refractivity contribution in [3.05, 3.63) is 57.8 Å². The summed E-state index contributed by atoms with van der Waals surface area (Å²) >= 11 is 3.47. The van der Waals surface area contributed by atoms with E-state index in [0.29, 0.717) is 6.61 Å². The molecular formula is C16H19BrN2O. The van der Waals surface area contributed by atoms with Gasteiger partial charge in [-0.15, -0.1) is 0 Å². The Bertz CT molecular complexity index is 586. The molecule has 106 valence electrons. The number of aromatic nitrogens is 1. The van der Waals surface area contributed by atoms with Gasteiger partial charge in [-0.1, -0.05) is 28.9 Å². The highest BCUT2D eigenvalue weighted by Crippen LogP contribution is 2.26. The molecule has 0 aliphatic carbocycles. The maximum Gasteiger partial charge on any atom is 0.137 e. The Morgan fingerprint density at radius 3 is 2.80 bits per heavy atom. The van der Waals surface area contributed by atoms with Crippen LogP contribution in [0.25, 0.3) is 0 Å². The van der Waals surface area contributed by atoms with Crippen LogP contribution in [0.2, 0.25) is 0 Å². The molecule has 0 radical (unpaired) electrons. The lowest BCUT2D eigenvalue weighted by Gasteiger charge is -2.16. The summed E-state index contributed by atoms with van der Waals surface area (Å²) in [7, 11) is 0. The van der Waals surface area contributed by atoms with Crippen molar-refractivity contribution in [2.45, 2.75) is 26.3 Å². The molecule has 0 aliphatic rings. The Balaban J connectivity index is 2.26. The van der Waals surface area contributed by atoms with Gasteiger partial charge in [0.05, 0.1) is 18.8 Å². The standard InChI is InChI=1S/C16H19BrN2O/c1-3-6-20-14-8-12(9-19-10-14)16(18)15-5-4-13(17)7-11(15)2/h4-5,7-10,16H,3,6,18H2,1-2H3. The molecule has 0 fully saturated rings. The quantitative estimate of drug-likeness (QED) is 0.899. The molecule has 0 saturated heterocycles. The van der Waals surface area contributed by atoms with E-state index in [-0.39, 0.29) is 6.04 Å². The minimum Gasteiger partial charge on any atom is -0.492 e. The molecule has 2 rings (SSSR count). The van der Waals surface area contributed by atoms with E-state index in [4.69, 9.17) is 10.5 Å². The molecule has 20 heavy (non-hydrogen) atoms. The number of rotatable bonds is 5. The number of hydrogen-bond acceptors (Lipinski definition) is 3. The molecule has 0 bridgehead atoms. The summed E-state index contributed by atoms with van der Waals surface area (Å²) in [5.41, 5.74) is 9.57. The van der Waals surface area contributed by atoms with Crippen molar-refractivity contribution in [2.24, 2.45) is 5.73 Å². The molecule has 3 nitrogen and oxygen atoms in total. The van der Waals surface area contributed by atoms with Crippen LogP contribution in [0.5, 0.6) is 5.75 Å². The van der Waals surface area contributed by atoms with Crippen molar-refractivity contribution < 1.29 is 4.74 Å². The van der Waals surface area contributed by atoms with Crippen LogP contribution in [0.1, 0.15) is 36.1 Å². The van der Waals surface area contributed by atoms with Crippen molar-refractivity contribution in [2.75, 3.05) is 6.61 Å². The molecule has 1 atom stereocenters. The topological polar surface area (TPSA) is 48.1 Å². The first-order valence-electron chi connectivity index (χ1n) is 6.71. The van der Waals surface area contributed by atoms with Crippen LogP contribution in [0, 0.1) is 6.92 Å². The molecule has 1 aromatic heterocycles. The Labute approximate surface area is 128 Å². The summed E-state index contributed by atoms with van der Waals surface area (Å²) in [6.07, 6.45) is 4.49. The predicted molar refractivity (Wildman–Crippen MR) is 84.9 cm³/mol. The zero-order valence-electron chi connectivity index (χ0n) is 11.8. The molecule has 1 unspecified atom stereocenters. The van der Waals surface area contributed by atoms with Gasteiger partial charge in [-0.25, -0.2) is 0 Å². The van der Waals surface area contributed by atoms with Crippen LogP contribution in [-0.4, -0.2) is 11.6 Å². The molecule has 0 saturated carbocycles. The second-order valence-electron chi connectivity index (χ2n) is 4.78. The maximum atomic E-state index is 6.35. The van der Waals surface area contributed by atoms with Crippen LogP contribution in [0.15, 0.2) is 41.1 Å². The van der Waals surface area contributed by atoms with Crippen molar-refractivity contribution in [1.29, 1.82) is 0 Å². The van der Waals surface area contributed by atoms with E-state index in [2.05, 4.69) is 40.8 Å². The van der Waals surface area contributed by atoms with Gasteiger partial charge in [0.1, 0.15) is 5.75 Å². The summed E-state index contributed by atoms with van der Waals surface area (Å²) in [5, 5.41) is 0. The van der Waals surface area contributed by atoms with Crippen LogP contribution < -0.4 is 10.5 Å². The van der Waals surface area contributed by atoms with Gasteiger partial charge < -0.3 is 10.5 Å². The lowest BCUT2D eigenvalue weighted by molar-refractivity contribution is 0.315. The highest BCUT2D eigenvalue weighted by molar-refractivity contribution is 9.10. The van der Waals surface area contributed by atoms with E-state index in [1.807, 2.05) is 18.2 Å². The SMILES string of the molecule is CCCOc1cncc(C(N)c2ccc(Br)cc2C)c1. The van der Waals surface area contributed by atoms with Gasteiger partial charge >= 0.3 is 0 Å². The summed E-state index contributed by atoms with van der Waals surface area (Å²) in [6, 6.07) is 7.90. The van der Waals surface area contributed by atoms with Gasteiger partial charge in [-0.05, 0) is 48.2 Å². The largest absolute Gasteiger partial charge is 0.492 e. The summed E-state index contributed by atoms with van der Waals surface area (Å²) in [4.78, 5) is 4.22. The minimum atomic E-state index is -0.194. The molecule has 1 aromatic carbocycles. The smallest absolute Gasteiger partial charge is 0.137 e. The van der Waals surface area contributed by atoms with Gasteiger partial charge in [-0.3, -0.25) is 4.98 Å². The zero-order valence-corrected chi connectivity index (χ0v) is 13.4. The Hall–Kier alpha value is -1.39. The zero-order chi connectivity index (χ0) is 14.5. The lowest BCUT2D eigenvalue weighted by atomic mass is 9.97. The van der Waals surface area contributed by atoms with E-state index < -0.39 is 0 Å². The molecule has 0 amide bonds. The fraction of sp³-hybridized carbons (Fsp3) is 0.312. The highest BCUT2D eigenvalue weighted by atomic mass is 79.9. The van der Waals surface area contributed by atoms with E-state index in [1.54, 1.807) is 12.4 Å². The number of hydrogen-bond donors (Lipinski definition) is 1. The number of benzene rings is 1. The summed E-state index contributed by atoms with van der Waals surface area (Å²) < 4.78 is 6.67. The number of nitrogens with zero attached hydrogens (tertiary/aromatic N) is 1. The molecule has 0 spiro atoms. The van der Waals surface area contributed by atoms with Gasteiger partial charge in [0.25, 0.3) is 0 Å². The summed E-state index contributed by atoms with van der Waals surface area (Å²) in [6.45, 7) is 4.83. The van der Waals surface area contributed by atoms with Crippen LogP contribution in [-0.2, 0) is 0 Å². The monoisotopic (exact) mass is 334 g/mol. The second-order valence-corrected chi connectivity index (χ2v) is 5.70. The fourth-order valence-electron chi connectivity index (χ4n) is 2.07.